The molecule has 1 aliphatic carbocycles. The Kier molecular flexibility index (Phi) is 4.60. The Labute approximate surface area is 188 Å². The van der Waals surface area contributed by atoms with Gasteiger partial charge in [0, 0.05) is 29.8 Å². The normalized spacial score (nSPS) is 15.6. The molecule has 1 saturated carbocycles. The van der Waals surface area contributed by atoms with Crippen LogP contribution in [0.5, 0.6) is 0 Å². The van der Waals surface area contributed by atoms with Gasteiger partial charge >= 0.3 is 0 Å². The van der Waals surface area contributed by atoms with Crippen molar-refractivity contribution < 1.29 is 9.18 Å². The van der Waals surface area contributed by atoms with Crippen LogP contribution in [0.2, 0.25) is 0 Å². The van der Waals surface area contributed by atoms with Crippen LogP contribution in [-0.4, -0.2) is 37.7 Å². The van der Waals surface area contributed by atoms with Crippen molar-refractivity contribution in [2.75, 3.05) is 6.54 Å². The van der Waals surface area contributed by atoms with Gasteiger partial charge in [-0.1, -0.05) is 24.3 Å². The standard InChI is InChI=1S/C25H22FN5O2/c26-20-8-5-14(12-21-16-3-1-2-4-17(16)24(32)30-27-21)11-19(20)25(33)31-10-9-18-22(13-31)28-29-23(18)15-6-7-15/h1-5,8,11,15H,6-7,9-10,12-13H2,(H,28,29)(H,30,32). The quantitative estimate of drug-likeness (QED) is 0.505. The van der Waals surface area contributed by atoms with Crippen molar-refractivity contribution in [1.82, 2.24) is 25.3 Å². The summed E-state index contributed by atoms with van der Waals surface area (Å²) in [5.74, 6) is -0.321. The molecule has 2 aromatic carbocycles. The van der Waals surface area contributed by atoms with Crippen molar-refractivity contribution in [3.05, 3.63) is 92.4 Å². The van der Waals surface area contributed by atoms with E-state index in [9.17, 15) is 14.0 Å². The fourth-order valence-corrected chi connectivity index (χ4v) is 4.73. The van der Waals surface area contributed by atoms with E-state index in [0.29, 0.717) is 36.5 Å². The lowest BCUT2D eigenvalue weighted by Crippen LogP contribution is -2.36. The van der Waals surface area contributed by atoms with Crippen LogP contribution in [0.3, 0.4) is 0 Å². The molecule has 8 heteroatoms. The largest absolute Gasteiger partial charge is 0.332 e. The molecule has 6 rings (SSSR count). The number of fused-ring (bicyclic) bond motifs is 2. The second-order valence-corrected chi connectivity index (χ2v) is 8.85. The maximum Gasteiger partial charge on any atom is 0.272 e. The molecule has 33 heavy (non-hydrogen) atoms. The molecule has 7 nitrogen and oxygen atoms in total. The molecule has 2 aliphatic rings. The fraction of sp³-hybridized carbons (Fsp3) is 0.280. The van der Waals surface area contributed by atoms with E-state index in [0.717, 1.165) is 28.8 Å². The summed E-state index contributed by atoms with van der Waals surface area (Å²) in [6.07, 6.45) is 3.46. The zero-order valence-corrected chi connectivity index (χ0v) is 17.9. The summed E-state index contributed by atoms with van der Waals surface area (Å²) >= 11 is 0. The molecule has 2 N–H and O–H groups in total. The molecule has 0 spiro atoms. The van der Waals surface area contributed by atoms with Gasteiger partial charge in [0.1, 0.15) is 5.82 Å². The zero-order chi connectivity index (χ0) is 22.5. The smallest absolute Gasteiger partial charge is 0.272 e. The molecule has 0 radical (unpaired) electrons. The van der Waals surface area contributed by atoms with E-state index >= 15 is 0 Å². The SMILES string of the molecule is O=C(c1cc(Cc2n[nH]c(=O)c3ccccc23)ccc1F)N1CCc2c(C3CC3)n[nH]c2C1. The average Bonchev–Trinajstić information content (AvgIpc) is 3.60. The first kappa shape index (κ1) is 19.8. The number of nitrogens with one attached hydrogen (secondary N) is 2. The summed E-state index contributed by atoms with van der Waals surface area (Å²) in [7, 11) is 0. The number of amides is 1. The van der Waals surface area contributed by atoms with Gasteiger partial charge in [0.2, 0.25) is 0 Å². The highest BCUT2D eigenvalue weighted by Crippen LogP contribution is 2.42. The van der Waals surface area contributed by atoms with E-state index in [1.54, 1.807) is 29.2 Å². The van der Waals surface area contributed by atoms with E-state index in [1.807, 2.05) is 12.1 Å². The number of H-pyrrole nitrogens is 2. The lowest BCUT2D eigenvalue weighted by atomic mass is 9.99. The first-order valence-corrected chi connectivity index (χ1v) is 11.2. The Morgan fingerprint density at radius 1 is 1.09 bits per heavy atom. The van der Waals surface area contributed by atoms with Crippen LogP contribution in [0.25, 0.3) is 10.8 Å². The summed E-state index contributed by atoms with van der Waals surface area (Å²) in [6.45, 7) is 0.949. The van der Waals surface area contributed by atoms with Crippen molar-refractivity contribution >= 4 is 16.7 Å². The predicted molar refractivity (Wildman–Crippen MR) is 121 cm³/mol. The molecule has 0 bridgehead atoms. The van der Waals surface area contributed by atoms with Crippen LogP contribution in [0.15, 0.2) is 47.3 Å². The van der Waals surface area contributed by atoms with E-state index < -0.39 is 5.82 Å². The van der Waals surface area contributed by atoms with Gasteiger partial charge < -0.3 is 4.90 Å². The van der Waals surface area contributed by atoms with E-state index in [4.69, 9.17) is 0 Å². The van der Waals surface area contributed by atoms with Gasteiger partial charge in [0.25, 0.3) is 11.5 Å². The first-order chi connectivity index (χ1) is 16.1. The van der Waals surface area contributed by atoms with Crippen molar-refractivity contribution in [2.45, 2.75) is 38.1 Å². The van der Waals surface area contributed by atoms with Gasteiger partial charge in [-0.3, -0.25) is 14.7 Å². The van der Waals surface area contributed by atoms with E-state index in [-0.39, 0.29) is 17.0 Å². The van der Waals surface area contributed by atoms with Crippen molar-refractivity contribution in [3.8, 4) is 0 Å². The second-order valence-electron chi connectivity index (χ2n) is 8.85. The fourth-order valence-electron chi connectivity index (χ4n) is 4.73. The van der Waals surface area contributed by atoms with Gasteiger partial charge in [0.15, 0.2) is 0 Å². The van der Waals surface area contributed by atoms with Crippen LogP contribution in [-0.2, 0) is 19.4 Å². The highest BCUT2D eigenvalue weighted by atomic mass is 19.1. The number of hydrogen-bond acceptors (Lipinski definition) is 4. The molecule has 0 saturated heterocycles. The topological polar surface area (TPSA) is 94.7 Å². The minimum Gasteiger partial charge on any atom is -0.332 e. The Balaban J connectivity index is 1.27. The molecule has 4 aromatic rings. The third-order valence-corrected chi connectivity index (χ3v) is 6.62. The van der Waals surface area contributed by atoms with Crippen LogP contribution >= 0.6 is 0 Å². The number of benzene rings is 2. The molecule has 1 fully saturated rings. The maximum atomic E-state index is 14.7. The summed E-state index contributed by atoms with van der Waals surface area (Å²) in [6, 6.07) is 11.8. The molecular weight excluding hydrogens is 421 g/mol. The molecule has 1 amide bonds. The van der Waals surface area contributed by atoms with Gasteiger partial charge in [0.05, 0.1) is 34.6 Å². The Hall–Kier alpha value is -3.81. The summed E-state index contributed by atoms with van der Waals surface area (Å²) in [4.78, 5) is 27.0. The molecule has 1 aliphatic heterocycles. The number of nitrogens with zero attached hydrogens (tertiary/aromatic N) is 3. The predicted octanol–water partition coefficient (Wildman–Crippen LogP) is 3.45. The number of aromatic amines is 2. The lowest BCUT2D eigenvalue weighted by Gasteiger charge is -2.27. The third-order valence-electron chi connectivity index (χ3n) is 6.62. The average molecular weight is 443 g/mol. The number of rotatable bonds is 4. The highest BCUT2D eigenvalue weighted by molar-refractivity contribution is 5.95. The minimum atomic E-state index is -0.544. The van der Waals surface area contributed by atoms with Gasteiger partial charge in [-0.25, -0.2) is 9.49 Å². The Morgan fingerprint density at radius 3 is 2.73 bits per heavy atom. The van der Waals surface area contributed by atoms with Crippen molar-refractivity contribution in [3.63, 3.8) is 0 Å². The maximum absolute atomic E-state index is 14.7. The van der Waals surface area contributed by atoms with Gasteiger partial charge in [-0.2, -0.15) is 10.2 Å². The van der Waals surface area contributed by atoms with Crippen LogP contribution in [0.4, 0.5) is 4.39 Å². The van der Waals surface area contributed by atoms with Gasteiger partial charge in [-0.15, -0.1) is 0 Å². The second kappa shape index (κ2) is 7.65. The Morgan fingerprint density at radius 2 is 1.91 bits per heavy atom. The van der Waals surface area contributed by atoms with Crippen LogP contribution < -0.4 is 5.56 Å². The summed E-state index contributed by atoms with van der Waals surface area (Å²) in [5, 5.41) is 15.6. The highest BCUT2D eigenvalue weighted by Gasteiger charge is 2.33. The zero-order valence-electron chi connectivity index (χ0n) is 17.9. The van der Waals surface area contributed by atoms with E-state index in [2.05, 4.69) is 20.4 Å². The molecule has 2 aromatic heterocycles. The van der Waals surface area contributed by atoms with E-state index in [1.165, 1.54) is 24.5 Å². The molecule has 166 valence electrons. The van der Waals surface area contributed by atoms with Crippen LogP contribution in [0, 0.1) is 5.82 Å². The molecular formula is C25H22FN5O2. The van der Waals surface area contributed by atoms with Crippen molar-refractivity contribution in [2.24, 2.45) is 0 Å². The number of hydrogen-bond donors (Lipinski definition) is 2. The lowest BCUT2D eigenvalue weighted by molar-refractivity contribution is 0.0727. The number of aromatic nitrogens is 4. The monoisotopic (exact) mass is 443 g/mol. The number of carbonyl (C=O) groups excluding carboxylic acids is 1. The first-order valence-electron chi connectivity index (χ1n) is 11.2. The summed E-state index contributed by atoms with van der Waals surface area (Å²) in [5.41, 5.74) is 4.54. The minimum absolute atomic E-state index is 0.0478. The molecule has 0 unspecified atom stereocenters. The molecule has 0 atom stereocenters. The number of halogens is 1. The number of carbonyl (C=O) groups is 1. The van der Waals surface area contributed by atoms with Crippen LogP contribution in [0.1, 0.15) is 57.3 Å². The van der Waals surface area contributed by atoms with Crippen molar-refractivity contribution in [1.29, 1.82) is 0 Å². The molecule has 3 heterocycles. The third kappa shape index (κ3) is 3.51. The van der Waals surface area contributed by atoms with Gasteiger partial charge in [-0.05, 0) is 43.0 Å². The summed E-state index contributed by atoms with van der Waals surface area (Å²) < 4.78 is 14.7. The Bertz CT molecular complexity index is 1450.